The molecule has 0 aliphatic carbocycles. The van der Waals surface area contributed by atoms with Crippen molar-refractivity contribution < 1.29 is 19.1 Å². The van der Waals surface area contributed by atoms with Crippen LogP contribution < -0.4 is 14.8 Å². The number of urea groups is 1. The van der Waals surface area contributed by atoms with Crippen LogP contribution in [0.15, 0.2) is 60.7 Å². The zero-order chi connectivity index (χ0) is 25.4. The molecule has 3 amide bonds. The molecule has 2 aromatic carbocycles. The lowest BCUT2D eigenvalue weighted by molar-refractivity contribution is -0.133. The smallest absolute Gasteiger partial charge is 0.322 e. The van der Waals surface area contributed by atoms with Gasteiger partial charge < -0.3 is 24.6 Å². The molecule has 3 aromatic rings. The first-order valence-electron chi connectivity index (χ1n) is 11.5. The molecule has 0 radical (unpaired) electrons. The number of nitrogens with one attached hydrogen (secondary N) is 1. The molecule has 0 bridgehead atoms. The molecule has 0 aliphatic rings. The van der Waals surface area contributed by atoms with Gasteiger partial charge in [0, 0.05) is 46.2 Å². The number of benzene rings is 2. The third-order valence-electron chi connectivity index (χ3n) is 5.50. The van der Waals surface area contributed by atoms with Gasteiger partial charge in [-0.15, -0.1) is 11.3 Å². The monoisotopic (exact) mass is 495 g/mol. The fraction of sp³-hybridized carbons (Fsp3) is 0.333. The van der Waals surface area contributed by atoms with Gasteiger partial charge in [0.2, 0.25) is 5.91 Å². The van der Waals surface area contributed by atoms with E-state index in [0.717, 1.165) is 10.4 Å². The number of aryl methyl sites for hydroxylation is 1. The first-order chi connectivity index (χ1) is 16.8. The maximum absolute atomic E-state index is 13.5. The number of thiophene rings is 1. The number of carbonyl (C=O) groups excluding carboxylic acids is 2. The third-order valence-corrected chi connectivity index (χ3v) is 6.49. The van der Waals surface area contributed by atoms with Crippen LogP contribution in [0, 0.1) is 6.92 Å². The van der Waals surface area contributed by atoms with E-state index in [4.69, 9.17) is 9.47 Å². The van der Waals surface area contributed by atoms with Crippen molar-refractivity contribution in [1.29, 1.82) is 0 Å². The second-order valence-corrected chi connectivity index (χ2v) is 9.87. The maximum Gasteiger partial charge on any atom is 0.322 e. The van der Waals surface area contributed by atoms with Crippen molar-refractivity contribution >= 4 is 29.0 Å². The SMILES string of the molecule is COc1cc(NC(=O)N(CC(=O)N(Cc2ccccc2)Cc2ccc(C)s2)C(C)C)cc(OC)c1. The first kappa shape index (κ1) is 26.1. The van der Waals surface area contributed by atoms with E-state index in [2.05, 4.69) is 18.3 Å². The Kier molecular flexibility index (Phi) is 9.14. The number of hydrogen-bond donors (Lipinski definition) is 1. The van der Waals surface area contributed by atoms with Crippen LogP contribution in [-0.4, -0.2) is 48.5 Å². The van der Waals surface area contributed by atoms with Crippen molar-refractivity contribution in [3.8, 4) is 11.5 Å². The molecule has 1 N–H and O–H groups in total. The number of nitrogens with zero attached hydrogens (tertiary/aromatic N) is 2. The molecule has 0 saturated heterocycles. The minimum atomic E-state index is -0.365. The number of rotatable bonds is 10. The molecule has 0 fully saturated rings. The summed E-state index contributed by atoms with van der Waals surface area (Å²) in [6.45, 7) is 6.76. The Balaban J connectivity index is 1.77. The van der Waals surface area contributed by atoms with Crippen LogP contribution in [0.25, 0.3) is 0 Å². The summed E-state index contributed by atoms with van der Waals surface area (Å²) in [4.78, 5) is 32.3. The third kappa shape index (κ3) is 7.48. The number of anilines is 1. The highest BCUT2D eigenvalue weighted by Crippen LogP contribution is 2.26. The van der Waals surface area contributed by atoms with Crippen molar-refractivity contribution in [2.75, 3.05) is 26.1 Å². The van der Waals surface area contributed by atoms with Gasteiger partial charge in [0.15, 0.2) is 0 Å². The van der Waals surface area contributed by atoms with Crippen molar-refractivity contribution in [3.63, 3.8) is 0 Å². The number of methoxy groups -OCH3 is 2. The number of ether oxygens (including phenoxy) is 2. The fourth-order valence-electron chi connectivity index (χ4n) is 3.60. The van der Waals surface area contributed by atoms with Crippen LogP contribution in [0.5, 0.6) is 11.5 Å². The Hall–Kier alpha value is -3.52. The van der Waals surface area contributed by atoms with Crippen molar-refractivity contribution in [3.05, 3.63) is 76.0 Å². The normalized spacial score (nSPS) is 10.7. The highest BCUT2D eigenvalue weighted by atomic mass is 32.1. The molecule has 0 spiro atoms. The molecule has 1 aromatic heterocycles. The largest absolute Gasteiger partial charge is 0.497 e. The Morgan fingerprint density at radius 2 is 1.60 bits per heavy atom. The van der Waals surface area contributed by atoms with E-state index in [1.807, 2.05) is 50.2 Å². The van der Waals surface area contributed by atoms with Crippen molar-refractivity contribution in [2.45, 2.75) is 39.9 Å². The summed E-state index contributed by atoms with van der Waals surface area (Å²) in [5.41, 5.74) is 1.57. The van der Waals surface area contributed by atoms with Crippen molar-refractivity contribution in [2.24, 2.45) is 0 Å². The van der Waals surface area contributed by atoms with Gasteiger partial charge >= 0.3 is 6.03 Å². The summed E-state index contributed by atoms with van der Waals surface area (Å²) in [5, 5.41) is 2.88. The van der Waals surface area contributed by atoms with Crippen molar-refractivity contribution in [1.82, 2.24) is 9.80 Å². The molecular formula is C27H33N3O4S. The number of amides is 3. The van der Waals surface area contributed by atoms with Gasteiger partial charge in [-0.3, -0.25) is 4.79 Å². The molecule has 35 heavy (non-hydrogen) atoms. The van der Waals surface area contributed by atoms with E-state index in [0.29, 0.717) is 30.3 Å². The van der Waals surface area contributed by atoms with Crippen LogP contribution in [-0.2, 0) is 17.9 Å². The van der Waals surface area contributed by atoms with Gasteiger partial charge in [-0.2, -0.15) is 0 Å². The lowest BCUT2D eigenvalue weighted by atomic mass is 10.2. The van der Waals surface area contributed by atoms with Gasteiger partial charge in [-0.05, 0) is 38.5 Å². The van der Waals surface area contributed by atoms with Gasteiger partial charge in [-0.1, -0.05) is 30.3 Å². The van der Waals surface area contributed by atoms with Gasteiger partial charge in [0.05, 0.1) is 20.8 Å². The van der Waals surface area contributed by atoms with E-state index in [1.165, 1.54) is 9.78 Å². The standard InChI is InChI=1S/C27H33N3O4S/c1-19(2)30(27(32)28-22-13-23(33-4)15-24(14-22)34-5)18-26(31)29(16-21-9-7-6-8-10-21)17-25-12-11-20(3)35-25/h6-15,19H,16-18H2,1-5H3,(H,28,32). The van der Waals surface area contributed by atoms with Gasteiger partial charge in [-0.25, -0.2) is 4.79 Å². The first-order valence-corrected chi connectivity index (χ1v) is 12.3. The summed E-state index contributed by atoms with van der Waals surface area (Å²) < 4.78 is 10.6. The summed E-state index contributed by atoms with van der Waals surface area (Å²) in [7, 11) is 3.10. The Morgan fingerprint density at radius 1 is 0.943 bits per heavy atom. The second kappa shape index (κ2) is 12.3. The molecule has 3 rings (SSSR count). The summed E-state index contributed by atoms with van der Waals surface area (Å²) in [6, 6.07) is 18.6. The van der Waals surface area contributed by atoms with Crippen LogP contribution >= 0.6 is 11.3 Å². The fourth-order valence-corrected chi connectivity index (χ4v) is 4.51. The van der Waals surface area contributed by atoms with Gasteiger partial charge in [0.1, 0.15) is 18.0 Å². The zero-order valence-corrected chi connectivity index (χ0v) is 21.7. The molecule has 0 unspecified atom stereocenters. The summed E-state index contributed by atoms with van der Waals surface area (Å²) in [5.74, 6) is 1.01. The molecule has 1 heterocycles. The van der Waals surface area contributed by atoms with E-state index < -0.39 is 0 Å². The summed E-state index contributed by atoms with van der Waals surface area (Å²) >= 11 is 1.67. The lowest BCUT2D eigenvalue weighted by Crippen LogP contribution is -2.47. The van der Waals surface area contributed by atoms with E-state index in [9.17, 15) is 9.59 Å². The van der Waals surface area contributed by atoms with E-state index >= 15 is 0 Å². The average molecular weight is 496 g/mol. The zero-order valence-electron chi connectivity index (χ0n) is 20.9. The van der Waals surface area contributed by atoms with Crippen LogP contribution in [0.2, 0.25) is 0 Å². The van der Waals surface area contributed by atoms with E-state index in [-0.39, 0.29) is 24.5 Å². The quantitative estimate of drug-likeness (QED) is 0.401. The molecule has 8 heteroatoms. The van der Waals surface area contributed by atoms with Crippen LogP contribution in [0.1, 0.15) is 29.2 Å². The minimum absolute atomic E-state index is 0.0399. The van der Waals surface area contributed by atoms with E-state index in [1.54, 1.807) is 48.7 Å². The molecule has 0 aliphatic heterocycles. The molecule has 7 nitrogen and oxygen atoms in total. The Labute approximate surface area is 211 Å². The lowest BCUT2D eigenvalue weighted by Gasteiger charge is -2.30. The number of carbonyl (C=O) groups is 2. The molecule has 0 saturated carbocycles. The second-order valence-electron chi connectivity index (χ2n) is 8.50. The maximum atomic E-state index is 13.5. The van der Waals surface area contributed by atoms with Crippen LogP contribution in [0.4, 0.5) is 10.5 Å². The Morgan fingerprint density at radius 3 is 2.14 bits per heavy atom. The molecule has 186 valence electrons. The Bertz CT molecular complexity index is 1110. The summed E-state index contributed by atoms with van der Waals surface area (Å²) in [6.07, 6.45) is 0. The predicted octanol–water partition coefficient (Wildman–Crippen LogP) is 5.55. The van der Waals surface area contributed by atoms with Crippen LogP contribution in [0.3, 0.4) is 0 Å². The molecule has 0 atom stereocenters. The highest BCUT2D eigenvalue weighted by Gasteiger charge is 2.24. The predicted molar refractivity (Wildman–Crippen MR) is 140 cm³/mol. The number of hydrogen-bond acceptors (Lipinski definition) is 5. The highest BCUT2D eigenvalue weighted by molar-refractivity contribution is 7.11. The topological polar surface area (TPSA) is 71.1 Å². The minimum Gasteiger partial charge on any atom is -0.497 e. The molecular weight excluding hydrogens is 462 g/mol. The van der Waals surface area contributed by atoms with Gasteiger partial charge in [0.25, 0.3) is 0 Å². The average Bonchev–Trinajstić information content (AvgIpc) is 3.26.